The predicted octanol–water partition coefficient (Wildman–Crippen LogP) is 0.0751. The fraction of sp³-hybridized carbons (Fsp3) is 0.375. The van der Waals surface area contributed by atoms with Gasteiger partial charge in [-0.05, 0) is 11.6 Å². The Morgan fingerprint density at radius 1 is 1.55 bits per heavy atom. The van der Waals surface area contributed by atoms with Crippen molar-refractivity contribution in [1.29, 1.82) is 0 Å². The van der Waals surface area contributed by atoms with Crippen LogP contribution >= 0.6 is 0 Å². The Morgan fingerprint density at radius 2 is 2.36 bits per heavy atom. The Morgan fingerprint density at radius 3 is 3.00 bits per heavy atom. The van der Waals surface area contributed by atoms with E-state index >= 15 is 0 Å². The molecule has 1 heterocycles. The zero-order chi connectivity index (χ0) is 8.10. The molecule has 3 nitrogen and oxygen atoms in total. The van der Waals surface area contributed by atoms with Gasteiger partial charge in [0.25, 0.3) is 0 Å². The zero-order valence-electron chi connectivity index (χ0n) is 6.33. The van der Waals surface area contributed by atoms with E-state index < -0.39 is 0 Å². The summed E-state index contributed by atoms with van der Waals surface area (Å²) >= 11 is 0. The molecule has 3 N–H and O–H groups in total. The molecular formula is C8H12N2O. The molecule has 0 spiro atoms. The number of aliphatic hydroxyl groups excluding tert-OH is 1. The monoisotopic (exact) mass is 152 g/mol. The molecule has 0 bridgehead atoms. The van der Waals surface area contributed by atoms with E-state index in [9.17, 15) is 0 Å². The highest BCUT2D eigenvalue weighted by molar-refractivity contribution is 5.19. The number of hydrogen-bond acceptors (Lipinski definition) is 3. The van der Waals surface area contributed by atoms with E-state index in [2.05, 4.69) is 4.98 Å². The van der Waals surface area contributed by atoms with Gasteiger partial charge in [-0.1, -0.05) is 6.07 Å². The standard InChI is InChI=1S/C8H12N2O/c9-6-7-2-1-4-10-8(7)3-5-11/h1-2,4,11H,3,5-6,9H2. The van der Waals surface area contributed by atoms with Crippen LogP contribution in [0.2, 0.25) is 0 Å². The lowest BCUT2D eigenvalue weighted by Gasteiger charge is -2.02. The Hall–Kier alpha value is -0.930. The molecule has 0 saturated heterocycles. The SMILES string of the molecule is NCc1cccnc1CCO. The van der Waals surface area contributed by atoms with E-state index in [1.807, 2.05) is 12.1 Å². The van der Waals surface area contributed by atoms with Crippen molar-refractivity contribution < 1.29 is 5.11 Å². The van der Waals surface area contributed by atoms with Crippen LogP contribution in [-0.4, -0.2) is 16.7 Å². The van der Waals surface area contributed by atoms with Crippen molar-refractivity contribution in [2.75, 3.05) is 6.61 Å². The fourth-order valence-corrected chi connectivity index (χ4v) is 0.988. The Balaban J connectivity index is 2.83. The molecule has 0 aliphatic heterocycles. The largest absolute Gasteiger partial charge is 0.396 e. The topological polar surface area (TPSA) is 59.1 Å². The third-order valence-electron chi connectivity index (χ3n) is 1.55. The summed E-state index contributed by atoms with van der Waals surface area (Å²) < 4.78 is 0. The van der Waals surface area contributed by atoms with Crippen LogP contribution in [0.15, 0.2) is 18.3 Å². The predicted molar refractivity (Wildman–Crippen MR) is 42.9 cm³/mol. The molecule has 1 aromatic heterocycles. The van der Waals surface area contributed by atoms with Gasteiger partial charge in [-0.2, -0.15) is 0 Å². The second-order valence-electron chi connectivity index (χ2n) is 2.29. The number of rotatable bonds is 3. The van der Waals surface area contributed by atoms with Gasteiger partial charge in [0.05, 0.1) is 0 Å². The van der Waals surface area contributed by atoms with Crippen LogP contribution in [0.1, 0.15) is 11.3 Å². The molecule has 0 fully saturated rings. The summed E-state index contributed by atoms with van der Waals surface area (Å²) in [4.78, 5) is 4.10. The number of aromatic nitrogens is 1. The van der Waals surface area contributed by atoms with E-state index in [0.717, 1.165) is 11.3 Å². The average molecular weight is 152 g/mol. The number of nitrogens with two attached hydrogens (primary N) is 1. The summed E-state index contributed by atoms with van der Waals surface area (Å²) in [7, 11) is 0. The quantitative estimate of drug-likeness (QED) is 0.644. The molecule has 0 aromatic carbocycles. The van der Waals surface area contributed by atoms with Crippen LogP contribution in [-0.2, 0) is 13.0 Å². The van der Waals surface area contributed by atoms with Crippen LogP contribution in [0, 0.1) is 0 Å². The molecule has 0 amide bonds. The third-order valence-corrected chi connectivity index (χ3v) is 1.55. The minimum Gasteiger partial charge on any atom is -0.396 e. The van der Waals surface area contributed by atoms with Gasteiger partial charge in [0.2, 0.25) is 0 Å². The first-order valence-corrected chi connectivity index (χ1v) is 3.62. The van der Waals surface area contributed by atoms with Crippen LogP contribution in [0.25, 0.3) is 0 Å². The van der Waals surface area contributed by atoms with Crippen LogP contribution in [0.4, 0.5) is 0 Å². The number of pyridine rings is 1. The zero-order valence-corrected chi connectivity index (χ0v) is 6.33. The van der Waals surface area contributed by atoms with E-state index in [-0.39, 0.29) is 6.61 Å². The molecule has 11 heavy (non-hydrogen) atoms. The smallest absolute Gasteiger partial charge is 0.0486 e. The minimum atomic E-state index is 0.129. The van der Waals surface area contributed by atoms with Gasteiger partial charge in [-0.25, -0.2) is 0 Å². The van der Waals surface area contributed by atoms with Gasteiger partial charge in [-0.15, -0.1) is 0 Å². The molecule has 0 saturated carbocycles. The first kappa shape index (κ1) is 8.17. The minimum absolute atomic E-state index is 0.129. The summed E-state index contributed by atoms with van der Waals surface area (Å²) in [5.41, 5.74) is 7.38. The molecular weight excluding hydrogens is 140 g/mol. The molecule has 0 radical (unpaired) electrons. The highest BCUT2D eigenvalue weighted by atomic mass is 16.3. The van der Waals surface area contributed by atoms with Gasteiger partial charge in [0.15, 0.2) is 0 Å². The summed E-state index contributed by atoms with van der Waals surface area (Å²) in [6.45, 7) is 0.618. The van der Waals surface area contributed by atoms with Gasteiger partial charge >= 0.3 is 0 Å². The molecule has 3 heteroatoms. The van der Waals surface area contributed by atoms with Crippen molar-refractivity contribution in [3.8, 4) is 0 Å². The summed E-state index contributed by atoms with van der Waals surface area (Å²) in [5, 5.41) is 8.66. The van der Waals surface area contributed by atoms with Crippen LogP contribution < -0.4 is 5.73 Å². The molecule has 0 atom stereocenters. The summed E-state index contributed by atoms with van der Waals surface area (Å²) in [5.74, 6) is 0. The lowest BCUT2D eigenvalue weighted by molar-refractivity contribution is 0.298. The normalized spacial score (nSPS) is 10.0. The van der Waals surface area contributed by atoms with Crippen molar-refractivity contribution >= 4 is 0 Å². The van der Waals surface area contributed by atoms with Crippen molar-refractivity contribution in [1.82, 2.24) is 4.98 Å². The second kappa shape index (κ2) is 4.05. The first-order chi connectivity index (χ1) is 5.38. The second-order valence-corrected chi connectivity index (χ2v) is 2.29. The van der Waals surface area contributed by atoms with E-state index in [1.165, 1.54) is 0 Å². The van der Waals surface area contributed by atoms with E-state index in [0.29, 0.717) is 13.0 Å². The maximum atomic E-state index is 8.66. The van der Waals surface area contributed by atoms with Gasteiger partial charge in [-0.3, -0.25) is 4.98 Å². The highest BCUT2D eigenvalue weighted by Gasteiger charge is 1.98. The Labute approximate surface area is 65.9 Å². The summed E-state index contributed by atoms with van der Waals surface area (Å²) in [6, 6.07) is 3.78. The van der Waals surface area contributed by atoms with Gasteiger partial charge in [0.1, 0.15) is 0 Å². The molecule has 1 rings (SSSR count). The number of nitrogens with zero attached hydrogens (tertiary/aromatic N) is 1. The van der Waals surface area contributed by atoms with Crippen molar-refractivity contribution in [3.05, 3.63) is 29.6 Å². The van der Waals surface area contributed by atoms with Gasteiger partial charge < -0.3 is 10.8 Å². The van der Waals surface area contributed by atoms with Crippen LogP contribution in [0.3, 0.4) is 0 Å². The fourth-order valence-electron chi connectivity index (χ4n) is 0.988. The molecule has 60 valence electrons. The summed E-state index contributed by atoms with van der Waals surface area (Å²) in [6.07, 6.45) is 2.30. The van der Waals surface area contributed by atoms with Crippen molar-refractivity contribution in [3.63, 3.8) is 0 Å². The Bertz CT molecular complexity index is 225. The van der Waals surface area contributed by atoms with Gasteiger partial charge in [0, 0.05) is 31.5 Å². The third kappa shape index (κ3) is 2.00. The van der Waals surface area contributed by atoms with E-state index in [4.69, 9.17) is 10.8 Å². The Kier molecular flexibility index (Phi) is 3.01. The number of hydrogen-bond donors (Lipinski definition) is 2. The van der Waals surface area contributed by atoms with E-state index in [1.54, 1.807) is 6.20 Å². The highest BCUT2D eigenvalue weighted by Crippen LogP contribution is 2.03. The maximum absolute atomic E-state index is 8.66. The van der Waals surface area contributed by atoms with Crippen molar-refractivity contribution in [2.24, 2.45) is 5.73 Å². The lowest BCUT2D eigenvalue weighted by Crippen LogP contribution is -2.04. The molecule has 0 unspecified atom stereocenters. The first-order valence-electron chi connectivity index (χ1n) is 3.62. The lowest BCUT2D eigenvalue weighted by atomic mass is 10.1. The maximum Gasteiger partial charge on any atom is 0.0486 e. The number of aliphatic hydroxyl groups is 1. The molecule has 0 aliphatic rings. The molecule has 0 aliphatic carbocycles. The average Bonchev–Trinajstić information content (AvgIpc) is 2.06. The van der Waals surface area contributed by atoms with Crippen molar-refractivity contribution in [2.45, 2.75) is 13.0 Å². The molecule has 1 aromatic rings. The van der Waals surface area contributed by atoms with Crippen LogP contribution in [0.5, 0.6) is 0 Å².